The van der Waals surface area contributed by atoms with Gasteiger partial charge in [-0.2, -0.15) is 5.10 Å². The first-order valence-electron chi connectivity index (χ1n) is 6.46. The van der Waals surface area contributed by atoms with E-state index in [4.69, 9.17) is 9.84 Å². The van der Waals surface area contributed by atoms with Gasteiger partial charge in [-0.3, -0.25) is 9.48 Å². The maximum Gasteiger partial charge on any atom is 0.355 e. The van der Waals surface area contributed by atoms with Crippen molar-refractivity contribution in [3.8, 4) is 5.75 Å². The van der Waals surface area contributed by atoms with E-state index in [-0.39, 0.29) is 24.8 Å². The van der Waals surface area contributed by atoms with Crippen LogP contribution < -0.4 is 10.1 Å². The molecule has 0 saturated heterocycles. The predicted molar refractivity (Wildman–Crippen MR) is 79.1 cm³/mol. The Morgan fingerprint density at radius 3 is 2.73 bits per heavy atom. The van der Waals surface area contributed by atoms with Crippen LogP contribution in [0.15, 0.2) is 5.38 Å². The summed E-state index contributed by atoms with van der Waals surface area (Å²) in [7, 11) is 1.80. The van der Waals surface area contributed by atoms with Crippen LogP contribution in [0.25, 0.3) is 0 Å². The molecule has 0 radical (unpaired) electrons. The molecule has 0 spiro atoms. The molecule has 2 rings (SSSR count). The fourth-order valence-corrected chi connectivity index (χ4v) is 2.52. The molecule has 22 heavy (non-hydrogen) atoms. The van der Waals surface area contributed by atoms with Crippen molar-refractivity contribution in [2.75, 3.05) is 6.61 Å². The number of ether oxygens (including phenoxy) is 1. The molecule has 0 atom stereocenters. The van der Waals surface area contributed by atoms with Gasteiger partial charge in [0.25, 0.3) is 5.91 Å². The van der Waals surface area contributed by atoms with Crippen LogP contribution in [0.4, 0.5) is 0 Å². The summed E-state index contributed by atoms with van der Waals surface area (Å²) in [6, 6.07) is 0. The molecule has 2 N–H and O–H groups in total. The molecule has 9 heteroatoms. The minimum absolute atomic E-state index is 0.0212. The number of aryl methyl sites for hydroxylation is 2. The Morgan fingerprint density at radius 1 is 1.45 bits per heavy atom. The number of rotatable bonds is 6. The van der Waals surface area contributed by atoms with Crippen LogP contribution >= 0.6 is 11.3 Å². The molecule has 0 saturated carbocycles. The summed E-state index contributed by atoms with van der Waals surface area (Å²) in [6.45, 7) is 3.70. The number of aromatic nitrogens is 3. The maximum absolute atomic E-state index is 11.8. The van der Waals surface area contributed by atoms with Crippen LogP contribution in [0.3, 0.4) is 0 Å². The standard InChI is InChI=1S/C13H16N4O4S/c1-7-12(8(2)17(3)16-7)21-5-10(18)14-4-11-15-9(6-22-11)13(19)20/h6H,4-5H2,1-3H3,(H,14,18)(H,19,20). The van der Waals surface area contributed by atoms with Gasteiger partial charge in [-0.05, 0) is 13.8 Å². The van der Waals surface area contributed by atoms with Crippen molar-refractivity contribution in [2.24, 2.45) is 7.05 Å². The van der Waals surface area contributed by atoms with Gasteiger partial charge < -0.3 is 15.2 Å². The Hall–Kier alpha value is -2.42. The number of nitrogens with zero attached hydrogens (tertiary/aromatic N) is 3. The zero-order valence-electron chi connectivity index (χ0n) is 12.4. The quantitative estimate of drug-likeness (QED) is 0.817. The molecule has 2 aromatic rings. The first-order chi connectivity index (χ1) is 10.4. The molecule has 8 nitrogen and oxygen atoms in total. The monoisotopic (exact) mass is 324 g/mol. The van der Waals surface area contributed by atoms with E-state index in [0.29, 0.717) is 10.8 Å². The van der Waals surface area contributed by atoms with Crippen molar-refractivity contribution in [2.45, 2.75) is 20.4 Å². The minimum atomic E-state index is -1.08. The Balaban J connectivity index is 1.84. The third kappa shape index (κ3) is 3.61. The summed E-state index contributed by atoms with van der Waals surface area (Å²) in [6.07, 6.45) is 0. The van der Waals surface area contributed by atoms with Crippen molar-refractivity contribution in [1.29, 1.82) is 0 Å². The lowest BCUT2D eigenvalue weighted by Gasteiger charge is -2.06. The van der Waals surface area contributed by atoms with Gasteiger partial charge >= 0.3 is 5.97 Å². The van der Waals surface area contributed by atoms with Crippen LogP contribution in [-0.4, -0.2) is 38.4 Å². The maximum atomic E-state index is 11.8. The average molecular weight is 324 g/mol. The first-order valence-corrected chi connectivity index (χ1v) is 7.34. The molecule has 0 bridgehead atoms. The normalized spacial score (nSPS) is 10.5. The van der Waals surface area contributed by atoms with Crippen molar-refractivity contribution in [3.63, 3.8) is 0 Å². The lowest BCUT2D eigenvalue weighted by atomic mass is 10.3. The molecule has 0 aliphatic carbocycles. The van der Waals surface area contributed by atoms with Gasteiger partial charge in [0.2, 0.25) is 0 Å². The number of aromatic carboxylic acids is 1. The smallest absolute Gasteiger partial charge is 0.355 e. The molecule has 0 aliphatic rings. The molecule has 2 heterocycles. The molecule has 2 aromatic heterocycles. The van der Waals surface area contributed by atoms with Crippen LogP contribution in [0.2, 0.25) is 0 Å². The number of nitrogens with one attached hydrogen (secondary N) is 1. The van der Waals surface area contributed by atoms with E-state index in [1.54, 1.807) is 11.7 Å². The summed E-state index contributed by atoms with van der Waals surface area (Å²) in [5.74, 6) is -0.797. The zero-order chi connectivity index (χ0) is 16.3. The Labute approximate surface area is 130 Å². The van der Waals surface area contributed by atoms with E-state index in [1.165, 1.54) is 16.7 Å². The number of carbonyl (C=O) groups excluding carboxylic acids is 1. The van der Waals surface area contributed by atoms with Crippen LogP contribution in [0.5, 0.6) is 5.75 Å². The van der Waals surface area contributed by atoms with E-state index in [0.717, 1.165) is 11.4 Å². The highest BCUT2D eigenvalue weighted by Gasteiger charge is 2.13. The summed E-state index contributed by atoms with van der Waals surface area (Å²) in [5, 5.41) is 17.6. The fraction of sp³-hybridized carbons (Fsp3) is 0.385. The summed E-state index contributed by atoms with van der Waals surface area (Å²) in [5.41, 5.74) is 1.54. The molecule has 1 amide bonds. The van der Waals surface area contributed by atoms with Gasteiger partial charge in [0, 0.05) is 12.4 Å². The number of amides is 1. The van der Waals surface area contributed by atoms with Crippen molar-refractivity contribution >= 4 is 23.2 Å². The summed E-state index contributed by atoms with van der Waals surface area (Å²) < 4.78 is 7.16. The number of carbonyl (C=O) groups is 2. The Bertz CT molecular complexity index is 707. The van der Waals surface area contributed by atoms with Crippen molar-refractivity contribution < 1.29 is 19.4 Å². The Morgan fingerprint density at radius 2 is 2.18 bits per heavy atom. The van der Waals surface area contributed by atoms with Crippen LogP contribution in [0.1, 0.15) is 26.9 Å². The molecule has 0 unspecified atom stereocenters. The zero-order valence-corrected chi connectivity index (χ0v) is 13.2. The molecule has 118 valence electrons. The molecule has 0 aromatic carbocycles. The van der Waals surface area contributed by atoms with Crippen molar-refractivity contribution in [3.05, 3.63) is 27.5 Å². The van der Waals surface area contributed by atoms with E-state index in [2.05, 4.69) is 15.4 Å². The van der Waals surface area contributed by atoms with Gasteiger partial charge in [-0.15, -0.1) is 11.3 Å². The van der Waals surface area contributed by atoms with E-state index >= 15 is 0 Å². The number of hydrogen-bond donors (Lipinski definition) is 2. The highest BCUT2D eigenvalue weighted by molar-refractivity contribution is 7.09. The average Bonchev–Trinajstić information content (AvgIpc) is 3.02. The van der Waals surface area contributed by atoms with Gasteiger partial charge in [0.05, 0.1) is 12.2 Å². The first kappa shape index (κ1) is 16.0. The second kappa shape index (κ2) is 6.56. The number of carboxylic acid groups (broad SMARTS) is 1. The number of hydrogen-bond acceptors (Lipinski definition) is 6. The number of thiazole rings is 1. The van der Waals surface area contributed by atoms with E-state index < -0.39 is 5.97 Å². The lowest BCUT2D eigenvalue weighted by molar-refractivity contribution is -0.123. The van der Waals surface area contributed by atoms with Gasteiger partial charge in [-0.25, -0.2) is 9.78 Å². The largest absolute Gasteiger partial charge is 0.480 e. The second-order valence-electron chi connectivity index (χ2n) is 4.62. The van der Waals surface area contributed by atoms with Crippen LogP contribution in [-0.2, 0) is 18.4 Å². The number of carboxylic acids is 1. The van der Waals surface area contributed by atoms with E-state index in [9.17, 15) is 9.59 Å². The topological polar surface area (TPSA) is 106 Å². The minimum Gasteiger partial charge on any atom is -0.480 e. The highest BCUT2D eigenvalue weighted by Crippen LogP contribution is 2.21. The summed E-state index contributed by atoms with van der Waals surface area (Å²) in [4.78, 5) is 26.3. The molecule has 0 fully saturated rings. The lowest BCUT2D eigenvalue weighted by Crippen LogP contribution is -2.28. The predicted octanol–water partition coefficient (Wildman–Crippen LogP) is 0.887. The third-order valence-corrected chi connectivity index (χ3v) is 3.85. The van der Waals surface area contributed by atoms with Crippen molar-refractivity contribution in [1.82, 2.24) is 20.1 Å². The fourth-order valence-electron chi connectivity index (χ4n) is 1.82. The van der Waals surface area contributed by atoms with Gasteiger partial charge in [0.15, 0.2) is 18.1 Å². The molecule has 0 aliphatic heterocycles. The van der Waals surface area contributed by atoms with E-state index in [1.807, 2.05) is 13.8 Å². The Kier molecular flexibility index (Phi) is 4.76. The summed E-state index contributed by atoms with van der Waals surface area (Å²) >= 11 is 1.18. The van der Waals surface area contributed by atoms with Gasteiger partial charge in [-0.1, -0.05) is 0 Å². The highest BCUT2D eigenvalue weighted by atomic mass is 32.1. The SMILES string of the molecule is Cc1nn(C)c(C)c1OCC(=O)NCc1nc(C(=O)O)cs1. The molecular weight excluding hydrogens is 308 g/mol. The van der Waals surface area contributed by atoms with Gasteiger partial charge in [0.1, 0.15) is 10.7 Å². The van der Waals surface area contributed by atoms with Crippen LogP contribution in [0, 0.1) is 13.8 Å². The second-order valence-corrected chi connectivity index (χ2v) is 5.56. The molecular formula is C13H16N4O4S. The third-order valence-electron chi connectivity index (χ3n) is 3.00.